The normalized spacial score (nSPS) is 12.5. The fourth-order valence-corrected chi connectivity index (χ4v) is 1.35. The Hall–Kier alpha value is -1.29. The van der Waals surface area contributed by atoms with Crippen molar-refractivity contribution in [2.75, 3.05) is 6.54 Å². The van der Waals surface area contributed by atoms with Crippen LogP contribution >= 0.6 is 0 Å². The first kappa shape index (κ1) is 11.8. The van der Waals surface area contributed by atoms with Gasteiger partial charge in [-0.1, -0.05) is 6.92 Å². The minimum atomic E-state index is -0.322. The van der Waals surface area contributed by atoms with E-state index < -0.39 is 0 Å². The number of aromatic amines is 1. The number of amides is 1. The average Bonchev–Trinajstić information content (AvgIpc) is 2.64. The number of aromatic nitrogens is 1. The van der Waals surface area contributed by atoms with Crippen LogP contribution in [0.4, 0.5) is 0 Å². The summed E-state index contributed by atoms with van der Waals surface area (Å²) in [5, 5.41) is 12.1. The molecule has 1 amide bonds. The number of aryl methyl sites for hydroxylation is 1. The molecule has 0 aromatic carbocycles. The standard InChI is InChI=1S/C11H18N2O2/c1-3-9(14)4-6-13-11(15)10-5-7-12-8(10)2/h5,7,9,12,14H,3-4,6H2,1-2H3,(H,13,15). The van der Waals surface area contributed by atoms with Crippen LogP contribution in [0.2, 0.25) is 0 Å². The van der Waals surface area contributed by atoms with Crippen LogP contribution in [0, 0.1) is 6.92 Å². The van der Waals surface area contributed by atoms with Crippen molar-refractivity contribution < 1.29 is 9.90 Å². The molecule has 1 aromatic rings. The van der Waals surface area contributed by atoms with E-state index in [9.17, 15) is 9.90 Å². The maximum atomic E-state index is 11.6. The molecule has 15 heavy (non-hydrogen) atoms. The lowest BCUT2D eigenvalue weighted by Crippen LogP contribution is -2.27. The lowest BCUT2D eigenvalue weighted by molar-refractivity contribution is 0.0941. The van der Waals surface area contributed by atoms with Gasteiger partial charge in [-0.25, -0.2) is 0 Å². The minimum Gasteiger partial charge on any atom is -0.393 e. The molecule has 3 N–H and O–H groups in total. The number of hydrogen-bond acceptors (Lipinski definition) is 2. The van der Waals surface area contributed by atoms with Gasteiger partial charge in [-0.3, -0.25) is 4.79 Å². The predicted octanol–water partition coefficient (Wildman–Crippen LogP) is 1.21. The van der Waals surface area contributed by atoms with E-state index in [-0.39, 0.29) is 12.0 Å². The van der Waals surface area contributed by atoms with Crippen LogP contribution in [0.25, 0.3) is 0 Å². The summed E-state index contributed by atoms with van der Waals surface area (Å²) in [6.07, 6.45) is 2.74. The summed E-state index contributed by atoms with van der Waals surface area (Å²) in [5.41, 5.74) is 1.53. The molecule has 1 aromatic heterocycles. The molecule has 0 bridgehead atoms. The molecule has 1 rings (SSSR count). The van der Waals surface area contributed by atoms with Crippen molar-refractivity contribution in [1.29, 1.82) is 0 Å². The van der Waals surface area contributed by atoms with Crippen molar-refractivity contribution in [2.45, 2.75) is 32.8 Å². The van der Waals surface area contributed by atoms with Gasteiger partial charge in [0.05, 0.1) is 11.7 Å². The Labute approximate surface area is 89.7 Å². The van der Waals surface area contributed by atoms with Crippen LogP contribution in [0.5, 0.6) is 0 Å². The lowest BCUT2D eigenvalue weighted by Gasteiger charge is -2.08. The third-order valence-corrected chi connectivity index (χ3v) is 2.43. The van der Waals surface area contributed by atoms with Gasteiger partial charge in [0.25, 0.3) is 5.91 Å². The molecule has 0 saturated carbocycles. The van der Waals surface area contributed by atoms with E-state index in [1.165, 1.54) is 0 Å². The maximum absolute atomic E-state index is 11.6. The molecule has 0 fully saturated rings. The predicted molar refractivity (Wildman–Crippen MR) is 58.8 cm³/mol. The highest BCUT2D eigenvalue weighted by molar-refractivity contribution is 5.95. The summed E-state index contributed by atoms with van der Waals surface area (Å²) in [6, 6.07) is 1.75. The second-order valence-corrected chi connectivity index (χ2v) is 3.62. The SMILES string of the molecule is CCC(O)CCNC(=O)c1cc[nH]c1C. The summed E-state index contributed by atoms with van der Waals surface area (Å²) in [4.78, 5) is 14.5. The van der Waals surface area contributed by atoms with Gasteiger partial charge in [0.1, 0.15) is 0 Å². The van der Waals surface area contributed by atoms with Crippen LogP contribution in [0.3, 0.4) is 0 Å². The number of carbonyl (C=O) groups is 1. The Morgan fingerprint density at radius 1 is 1.67 bits per heavy atom. The second kappa shape index (κ2) is 5.56. The molecular weight excluding hydrogens is 192 g/mol. The van der Waals surface area contributed by atoms with Crippen LogP contribution in [-0.2, 0) is 0 Å². The van der Waals surface area contributed by atoms with E-state index in [2.05, 4.69) is 10.3 Å². The number of aliphatic hydroxyl groups excluding tert-OH is 1. The summed E-state index contributed by atoms with van der Waals surface area (Å²) >= 11 is 0. The van der Waals surface area contributed by atoms with Gasteiger partial charge in [0.15, 0.2) is 0 Å². The first-order valence-electron chi connectivity index (χ1n) is 5.25. The van der Waals surface area contributed by atoms with Gasteiger partial charge in [-0.05, 0) is 25.8 Å². The lowest BCUT2D eigenvalue weighted by atomic mass is 10.2. The molecule has 1 atom stereocenters. The van der Waals surface area contributed by atoms with Gasteiger partial charge >= 0.3 is 0 Å². The molecule has 4 nitrogen and oxygen atoms in total. The smallest absolute Gasteiger partial charge is 0.253 e. The molecule has 1 unspecified atom stereocenters. The topological polar surface area (TPSA) is 65.1 Å². The zero-order valence-electron chi connectivity index (χ0n) is 9.21. The van der Waals surface area contributed by atoms with Gasteiger partial charge in [0, 0.05) is 18.4 Å². The summed E-state index contributed by atoms with van der Waals surface area (Å²) in [7, 11) is 0. The van der Waals surface area contributed by atoms with Crippen molar-refractivity contribution in [3.8, 4) is 0 Å². The molecule has 0 aliphatic rings. The van der Waals surface area contributed by atoms with Crippen LogP contribution in [-0.4, -0.2) is 28.6 Å². The largest absolute Gasteiger partial charge is 0.393 e. The average molecular weight is 210 g/mol. The van der Waals surface area contributed by atoms with Crippen molar-refractivity contribution in [3.63, 3.8) is 0 Å². The first-order chi connectivity index (χ1) is 7.15. The Balaban J connectivity index is 2.34. The third-order valence-electron chi connectivity index (χ3n) is 2.43. The van der Waals surface area contributed by atoms with Gasteiger partial charge in [0.2, 0.25) is 0 Å². The number of rotatable bonds is 5. The Kier molecular flexibility index (Phi) is 4.37. The maximum Gasteiger partial charge on any atom is 0.253 e. The third kappa shape index (κ3) is 3.40. The fourth-order valence-electron chi connectivity index (χ4n) is 1.35. The number of aliphatic hydroxyl groups is 1. The van der Waals surface area contributed by atoms with E-state index >= 15 is 0 Å². The fraction of sp³-hybridized carbons (Fsp3) is 0.545. The highest BCUT2D eigenvalue weighted by Crippen LogP contribution is 2.04. The Bertz CT molecular complexity index is 320. The van der Waals surface area contributed by atoms with Gasteiger partial charge in [-0.15, -0.1) is 0 Å². The van der Waals surface area contributed by atoms with Gasteiger partial charge < -0.3 is 15.4 Å². The Morgan fingerprint density at radius 3 is 2.93 bits per heavy atom. The molecule has 0 radical (unpaired) electrons. The van der Waals surface area contributed by atoms with E-state index in [1.54, 1.807) is 12.3 Å². The summed E-state index contributed by atoms with van der Waals surface area (Å²) < 4.78 is 0. The number of hydrogen-bond donors (Lipinski definition) is 3. The van der Waals surface area contributed by atoms with Crippen molar-refractivity contribution in [2.24, 2.45) is 0 Å². The highest BCUT2D eigenvalue weighted by atomic mass is 16.3. The quantitative estimate of drug-likeness (QED) is 0.684. The molecule has 4 heteroatoms. The molecule has 0 spiro atoms. The molecule has 0 aliphatic carbocycles. The van der Waals surface area contributed by atoms with Crippen LogP contribution in [0.1, 0.15) is 35.8 Å². The van der Waals surface area contributed by atoms with E-state index in [1.807, 2.05) is 13.8 Å². The first-order valence-corrected chi connectivity index (χ1v) is 5.25. The van der Waals surface area contributed by atoms with Gasteiger partial charge in [-0.2, -0.15) is 0 Å². The van der Waals surface area contributed by atoms with Crippen LogP contribution in [0.15, 0.2) is 12.3 Å². The zero-order chi connectivity index (χ0) is 11.3. The van der Waals surface area contributed by atoms with Crippen molar-refractivity contribution >= 4 is 5.91 Å². The van der Waals surface area contributed by atoms with Crippen molar-refractivity contribution in [3.05, 3.63) is 23.5 Å². The second-order valence-electron chi connectivity index (χ2n) is 3.62. The summed E-state index contributed by atoms with van der Waals surface area (Å²) in [6.45, 7) is 4.29. The molecule has 1 heterocycles. The molecule has 0 aliphatic heterocycles. The Morgan fingerprint density at radius 2 is 2.40 bits per heavy atom. The minimum absolute atomic E-state index is 0.0861. The van der Waals surface area contributed by atoms with Crippen LogP contribution < -0.4 is 5.32 Å². The van der Waals surface area contributed by atoms with E-state index in [0.29, 0.717) is 18.5 Å². The number of H-pyrrole nitrogens is 1. The van der Waals surface area contributed by atoms with E-state index in [0.717, 1.165) is 12.1 Å². The molecule has 84 valence electrons. The molecule has 0 saturated heterocycles. The molecular formula is C11H18N2O2. The zero-order valence-corrected chi connectivity index (χ0v) is 9.21. The van der Waals surface area contributed by atoms with Crippen molar-refractivity contribution in [1.82, 2.24) is 10.3 Å². The number of carbonyl (C=O) groups excluding carboxylic acids is 1. The monoisotopic (exact) mass is 210 g/mol. The summed E-state index contributed by atoms with van der Waals surface area (Å²) in [5.74, 6) is -0.0861. The highest BCUT2D eigenvalue weighted by Gasteiger charge is 2.09. The number of nitrogens with one attached hydrogen (secondary N) is 2. The van der Waals surface area contributed by atoms with E-state index in [4.69, 9.17) is 0 Å².